The molecule has 3 aliphatic rings. The number of fused-ring (bicyclic) bond motifs is 1. The van der Waals surface area contributed by atoms with Gasteiger partial charge in [0, 0.05) is 31.0 Å². The molecule has 35 heavy (non-hydrogen) atoms. The van der Waals surface area contributed by atoms with E-state index in [9.17, 15) is 0 Å². The normalized spacial score (nSPS) is 24.8. The first kappa shape index (κ1) is 23.4. The van der Waals surface area contributed by atoms with Crippen LogP contribution in [0.2, 0.25) is 0 Å². The van der Waals surface area contributed by atoms with Gasteiger partial charge in [-0.2, -0.15) is 0 Å². The van der Waals surface area contributed by atoms with Gasteiger partial charge in [0.2, 0.25) is 0 Å². The van der Waals surface area contributed by atoms with E-state index in [2.05, 4.69) is 57.1 Å². The van der Waals surface area contributed by atoms with E-state index in [1.165, 1.54) is 0 Å². The Morgan fingerprint density at radius 2 is 1.94 bits per heavy atom. The molecule has 1 aliphatic carbocycles. The van der Waals surface area contributed by atoms with E-state index in [1.54, 1.807) is 0 Å². The molecule has 0 spiro atoms. The second-order valence-electron chi connectivity index (χ2n) is 9.48. The summed E-state index contributed by atoms with van der Waals surface area (Å²) in [4.78, 5) is 9.79. The molecular weight excluding hydrogens is 436 g/mol. The largest absolute Gasteiger partial charge is 0.380 e. The molecule has 0 radical (unpaired) electrons. The number of aliphatic imine (C=N–C) groups is 1. The van der Waals surface area contributed by atoms with Crippen molar-refractivity contribution in [2.75, 3.05) is 6.54 Å². The van der Waals surface area contributed by atoms with Crippen LogP contribution in [-0.4, -0.2) is 34.1 Å². The Morgan fingerprint density at radius 1 is 1.11 bits per heavy atom. The third-order valence-corrected chi connectivity index (χ3v) is 6.95. The maximum atomic E-state index is 6.12. The van der Waals surface area contributed by atoms with Crippen molar-refractivity contribution >= 4 is 17.9 Å². The summed E-state index contributed by atoms with van der Waals surface area (Å²) < 4.78 is 2.17. The maximum Gasteiger partial charge on any atom is 0.196 e. The Hall–Kier alpha value is -3.36. The molecule has 5 rings (SSSR count). The molecule has 184 valence electrons. The molecule has 0 amide bonds. The molecule has 2 aliphatic heterocycles. The first-order valence-corrected chi connectivity index (χ1v) is 12.7. The van der Waals surface area contributed by atoms with Gasteiger partial charge in [-0.05, 0) is 50.2 Å². The summed E-state index contributed by atoms with van der Waals surface area (Å²) in [5, 5.41) is 10.5. The average Bonchev–Trinajstić information content (AvgIpc) is 3.30. The van der Waals surface area contributed by atoms with Crippen molar-refractivity contribution in [3.8, 4) is 0 Å². The minimum atomic E-state index is -0.160. The molecule has 0 bridgehead atoms. The lowest BCUT2D eigenvalue weighted by Gasteiger charge is -2.29. The summed E-state index contributed by atoms with van der Waals surface area (Å²) in [6.07, 6.45) is 18.9. The van der Waals surface area contributed by atoms with E-state index in [0.29, 0.717) is 24.6 Å². The first-order chi connectivity index (χ1) is 17.2. The standard InChI is InChI=1S/C27H36N8/c28-17-24(19-7-3-1-4-8-19)34-27-30-15-14-22(33-27)25-18-31-26-23(9-5-2-6-16-35(25)26)32-21-12-10-20(29)11-13-21/h1,3-4,6-9,14-16,18,20-22,24,32H,2,5,10-13,17,28-29H2,(H2,30,33,34). The van der Waals surface area contributed by atoms with Crippen LogP contribution in [0.1, 0.15) is 67.7 Å². The van der Waals surface area contributed by atoms with Gasteiger partial charge in [0.05, 0.1) is 23.6 Å². The van der Waals surface area contributed by atoms with E-state index >= 15 is 0 Å². The number of nitrogens with zero attached hydrogens (tertiary/aromatic N) is 3. The van der Waals surface area contributed by atoms with Crippen LogP contribution in [0.3, 0.4) is 0 Å². The average molecular weight is 473 g/mol. The highest BCUT2D eigenvalue weighted by atomic mass is 15.2. The van der Waals surface area contributed by atoms with Crippen LogP contribution in [0.5, 0.6) is 0 Å². The quantitative estimate of drug-likeness (QED) is 0.441. The fourth-order valence-corrected chi connectivity index (χ4v) is 4.96. The number of nitrogens with one attached hydrogen (secondary N) is 3. The summed E-state index contributed by atoms with van der Waals surface area (Å²) in [6, 6.07) is 10.8. The lowest BCUT2D eigenvalue weighted by atomic mass is 9.91. The third-order valence-electron chi connectivity index (χ3n) is 6.95. The molecule has 2 atom stereocenters. The zero-order valence-corrected chi connectivity index (χ0v) is 20.1. The summed E-state index contributed by atoms with van der Waals surface area (Å²) >= 11 is 0. The Bertz CT molecular complexity index is 1110. The van der Waals surface area contributed by atoms with E-state index in [1.807, 2.05) is 30.6 Å². The second-order valence-corrected chi connectivity index (χ2v) is 9.48. The van der Waals surface area contributed by atoms with Crippen molar-refractivity contribution in [1.29, 1.82) is 0 Å². The zero-order chi connectivity index (χ0) is 24.0. The fraction of sp³-hybridized carbons (Fsp3) is 0.407. The topological polar surface area (TPSA) is 118 Å². The number of allylic oxidation sites excluding steroid dienone is 2. The molecule has 8 nitrogen and oxygen atoms in total. The first-order valence-electron chi connectivity index (χ1n) is 12.7. The van der Waals surface area contributed by atoms with Crippen LogP contribution in [0.4, 0.5) is 0 Å². The van der Waals surface area contributed by atoms with Crippen molar-refractivity contribution in [3.63, 3.8) is 0 Å². The monoisotopic (exact) mass is 472 g/mol. The Kier molecular flexibility index (Phi) is 7.30. The molecule has 2 aromatic rings. The van der Waals surface area contributed by atoms with Gasteiger partial charge in [0.1, 0.15) is 6.04 Å². The van der Waals surface area contributed by atoms with Crippen molar-refractivity contribution in [3.05, 3.63) is 78.0 Å². The van der Waals surface area contributed by atoms with Gasteiger partial charge < -0.3 is 32.0 Å². The molecule has 0 saturated heterocycles. The third kappa shape index (κ3) is 5.49. The van der Waals surface area contributed by atoms with Gasteiger partial charge in [0.25, 0.3) is 0 Å². The number of rotatable bonds is 6. The molecular formula is C27H36N8. The number of benzene rings is 1. The number of aromatic nitrogens is 2. The molecule has 7 N–H and O–H groups in total. The van der Waals surface area contributed by atoms with Crippen LogP contribution in [0, 0.1) is 0 Å². The van der Waals surface area contributed by atoms with Gasteiger partial charge >= 0.3 is 0 Å². The summed E-state index contributed by atoms with van der Waals surface area (Å²) in [5.74, 6) is 1.64. The fourth-order valence-electron chi connectivity index (χ4n) is 4.96. The van der Waals surface area contributed by atoms with Crippen LogP contribution >= 0.6 is 0 Å². The Morgan fingerprint density at radius 3 is 2.74 bits per heavy atom. The minimum Gasteiger partial charge on any atom is -0.380 e. The van der Waals surface area contributed by atoms with E-state index < -0.39 is 0 Å². The lowest BCUT2D eigenvalue weighted by molar-refractivity contribution is 0.369. The molecule has 1 fully saturated rings. The van der Waals surface area contributed by atoms with Crippen molar-refractivity contribution < 1.29 is 0 Å². The highest BCUT2D eigenvalue weighted by Gasteiger charge is 2.24. The Balaban J connectivity index is 1.37. The van der Waals surface area contributed by atoms with Gasteiger partial charge in [0.15, 0.2) is 11.8 Å². The summed E-state index contributed by atoms with van der Waals surface area (Å²) in [5.41, 5.74) is 15.4. The van der Waals surface area contributed by atoms with Crippen LogP contribution in [0.15, 0.2) is 65.9 Å². The molecule has 1 saturated carbocycles. The van der Waals surface area contributed by atoms with E-state index in [4.69, 9.17) is 21.4 Å². The zero-order valence-electron chi connectivity index (χ0n) is 20.1. The number of hydrogen-bond acceptors (Lipinski definition) is 7. The van der Waals surface area contributed by atoms with Gasteiger partial charge in [-0.15, -0.1) is 0 Å². The van der Waals surface area contributed by atoms with Crippen LogP contribution in [0.25, 0.3) is 11.9 Å². The highest BCUT2D eigenvalue weighted by molar-refractivity contribution is 5.82. The van der Waals surface area contributed by atoms with Crippen LogP contribution < -0.4 is 27.4 Å². The van der Waals surface area contributed by atoms with Gasteiger partial charge in [-0.1, -0.05) is 42.5 Å². The number of guanidine groups is 1. The number of hydrogen-bond donors (Lipinski definition) is 5. The van der Waals surface area contributed by atoms with Gasteiger partial charge in [-0.25, -0.2) is 9.98 Å². The highest BCUT2D eigenvalue weighted by Crippen LogP contribution is 2.28. The molecule has 2 unspecified atom stereocenters. The van der Waals surface area contributed by atoms with Gasteiger partial charge in [-0.3, -0.25) is 0 Å². The van der Waals surface area contributed by atoms with Crippen molar-refractivity contribution in [2.45, 2.75) is 62.7 Å². The molecule has 8 heteroatoms. The van der Waals surface area contributed by atoms with Crippen molar-refractivity contribution in [1.82, 2.24) is 25.5 Å². The predicted molar refractivity (Wildman–Crippen MR) is 142 cm³/mol. The van der Waals surface area contributed by atoms with Crippen molar-refractivity contribution in [2.24, 2.45) is 16.5 Å². The van der Waals surface area contributed by atoms with E-state index in [-0.39, 0.29) is 12.1 Å². The molecule has 3 heterocycles. The molecule has 1 aromatic heterocycles. The predicted octanol–water partition coefficient (Wildman–Crippen LogP) is 3.15. The lowest BCUT2D eigenvalue weighted by Crippen LogP contribution is -2.41. The van der Waals surface area contributed by atoms with E-state index in [0.717, 1.165) is 61.3 Å². The van der Waals surface area contributed by atoms with Crippen LogP contribution in [-0.2, 0) is 0 Å². The number of imidazole rings is 1. The second kappa shape index (κ2) is 10.9. The maximum absolute atomic E-state index is 6.12. The summed E-state index contributed by atoms with van der Waals surface area (Å²) in [6.45, 7) is 0.468. The SMILES string of the molecule is NCC(NC1=NC(c2cnc3n2C=CCCC=C3NC2CCC(N)CC2)C=CN1)c1ccccc1. The molecule has 1 aromatic carbocycles. The Labute approximate surface area is 207 Å². The summed E-state index contributed by atoms with van der Waals surface area (Å²) in [7, 11) is 0. The smallest absolute Gasteiger partial charge is 0.196 e. The number of nitrogens with two attached hydrogens (primary N) is 2. The minimum absolute atomic E-state index is 0.0251.